The molecule has 2 rings (SSSR count). The summed E-state index contributed by atoms with van der Waals surface area (Å²) in [4.78, 5) is 4.44. The molecule has 0 radical (unpaired) electrons. The Morgan fingerprint density at radius 1 is 1.24 bits per heavy atom. The lowest BCUT2D eigenvalue weighted by atomic mass is 10.2. The minimum absolute atomic E-state index is 0. The van der Waals surface area contributed by atoms with Crippen LogP contribution in [-0.2, 0) is 13.1 Å². The minimum atomic E-state index is -0.221. The highest BCUT2D eigenvalue weighted by atomic mass is 127. The summed E-state index contributed by atoms with van der Waals surface area (Å²) in [5.74, 6) is 0.482. The van der Waals surface area contributed by atoms with Gasteiger partial charge in [0.2, 0.25) is 0 Å². The molecule has 0 amide bonds. The van der Waals surface area contributed by atoms with Gasteiger partial charge in [0, 0.05) is 30.9 Å². The number of guanidine groups is 1. The number of hydrogen-bond donors (Lipinski definition) is 2. The van der Waals surface area contributed by atoms with E-state index in [0.717, 1.165) is 31.7 Å². The number of halogens is 2. The average molecular weight is 459 g/mol. The van der Waals surface area contributed by atoms with E-state index in [0.29, 0.717) is 18.1 Å². The Morgan fingerprint density at radius 2 is 2.00 bits per heavy atom. The lowest BCUT2D eigenvalue weighted by Crippen LogP contribution is -2.38. The maximum atomic E-state index is 13.6. The van der Waals surface area contributed by atoms with Gasteiger partial charge >= 0.3 is 0 Å². The van der Waals surface area contributed by atoms with Crippen LogP contribution in [0.5, 0.6) is 0 Å². The van der Waals surface area contributed by atoms with E-state index in [9.17, 15) is 4.39 Å². The first-order valence-electron chi connectivity index (χ1n) is 8.36. The van der Waals surface area contributed by atoms with Crippen LogP contribution in [0.15, 0.2) is 35.3 Å². The van der Waals surface area contributed by atoms with E-state index in [2.05, 4.69) is 33.7 Å². The molecule has 0 spiro atoms. The smallest absolute Gasteiger partial charge is 0.191 e. The molecule has 7 heteroatoms. The Bertz CT molecular complexity index is 684. The Morgan fingerprint density at radius 3 is 2.64 bits per heavy atom. The first-order chi connectivity index (χ1) is 11.6. The SMILES string of the molecule is CCNC(=NCc1ccccc1F)NCCCn1nc(C)cc1C.I. The largest absolute Gasteiger partial charge is 0.357 e. The summed E-state index contributed by atoms with van der Waals surface area (Å²) in [6, 6.07) is 8.80. The van der Waals surface area contributed by atoms with Gasteiger partial charge in [-0.3, -0.25) is 4.68 Å². The third kappa shape index (κ3) is 7.01. The van der Waals surface area contributed by atoms with Crippen LogP contribution in [0.4, 0.5) is 4.39 Å². The molecule has 25 heavy (non-hydrogen) atoms. The molecule has 1 heterocycles. The lowest BCUT2D eigenvalue weighted by molar-refractivity contribution is 0.555. The van der Waals surface area contributed by atoms with Crippen molar-refractivity contribution in [3.63, 3.8) is 0 Å². The van der Waals surface area contributed by atoms with Crippen molar-refractivity contribution in [1.29, 1.82) is 0 Å². The number of rotatable bonds is 7. The standard InChI is InChI=1S/C18H26FN5.HI/c1-4-20-18(22-13-16-8-5-6-9-17(16)19)21-10-7-11-24-15(3)12-14(2)23-24;/h5-6,8-9,12H,4,7,10-11,13H2,1-3H3,(H2,20,21,22);1H. The van der Waals surface area contributed by atoms with Crippen LogP contribution in [0, 0.1) is 19.7 Å². The van der Waals surface area contributed by atoms with Crippen molar-refractivity contribution in [1.82, 2.24) is 20.4 Å². The zero-order chi connectivity index (χ0) is 17.4. The number of hydrogen-bond acceptors (Lipinski definition) is 2. The van der Waals surface area contributed by atoms with E-state index >= 15 is 0 Å². The van der Waals surface area contributed by atoms with Gasteiger partial charge in [-0.15, -0.1) is 24.0 Å². The second kappa shape index (κ2) is 11.1. The molecule has 0 bridgehead atoms. The van der Waals surface area contributed by atoms with Crippen molar-refractivity contribution >= 4 is 29.9 Å². The Kier molecular flexibility index (Phi) is 9.48. The molecule has 2 N–H and O–H groups in total. The molecule has 0 aliphatic carbocycles. The number of aromatic nitrogens is 2. The van der Waals surface area contributed by atoms with E-state index < -0.39 is 0 Å². The summed E-state index contributed by atoms with van der Waals surface area (Å²) >= 11 is 0. The van der Waals surface area contributed by atoms with E-state index in [-0.39, 0.29) is 29.8 Å². The van der Waals surface area contributed by atoms with Gasteiger partial charge in [-0.05, 0) is 39.3 Å². The Labute approximate surface area is 166 Å². The van der Waals surface area contributed by atoms with Crippen molar-refractivity contribution < 1.29 is 4.39 Å². The van der Waals surface area contributed by atoms with Crippen molar-refractivity contribution in [3.05, 3.63) is 53.1 Å². The molecule has 0 aliphatic rings. The summed E-state index contributed by atoms with van der Waals surface area (Å²) in [5, 5.41) is 10.9. The summed E-state index contributed by atoms with van der Waals surface area (Å²) in [6.45, 7) is 8.80. The quantitative estimate of drug-likeness (QED) is 0.289. The van der Waals surface area contributed by atoms with Crippen molar-refractivity contribution in [2.75, 3.05) is 13.1 Å². The summed E-state index contributed by atoms with van der Waals surface area (Å²) in [5.41, 5.74) is 2.81. The summed E-state index contributed by atoms with van der Waals surface area (Å²) in [7, 11) is 0. The summed E-state index contributed by atoms with van der Waals surface area (Å²) < 4.78 is 15.7. The van der Waals surface area contributed by atoms with Crippen LogP contribution >= 0.6 is 24.0 Å². The van der Waals surface area contributed by atoms with Crippen LogP contribution in [0.1, 0.15) is 30.3 Å². The average Bonchev–Trinajstić information content (AvgIpc) is 2.88. The van der Waals surface area contributed by atoms with Gasteiger partial charge in [0.1, 0.15) is 5.82 Å². The van der Waals surface area contributed by atoms with E-state index in [1.54, 1.807) is 12.1 Å². The van der Waals surface area contributed by atoms with Gasteiger partial charge in [-0.25, -0.2) is 9.38 Å². The highest BCUT2D eigenvalue weighted by Gasteiger charge is 2.03. The molecular formula is C18H27FIN5. The lowest BCUT2D eigenvalue weighted by Gasteiger charge is -2.12. The fourth-order valence-electron chi connectivity index (χ4n) is 2.47. The van der Waals surface area contributed by atoms with Crippen molar-refractivity contribution in [3.8, 4) is 0 Å². The molecule has 0 saturated carbocycles. The Hall–Kier alpha value is -1.64. The number of aryl methyl sites for hydroxylation is 3. The molecule has 1 aromatic heterocycles. The van der Waals surface area contributed by atoms with Gasteiger partial charge in [-0.2, -0.15) is 5.10 Å². The van der Waals surface area contributed by atoms with Gasteiger partial charge in [-0.1, -0.05) is 18.2 Å². The second-order valence-electron chi connectivity index (χ2n) is 5.72. The number of nitrogens with one attached hydrogen (secondary N) is 2. The predicted octanol–water partition coefficient (Wildman–Crippen LogP) is 3.40. The minimum Gasteiger partial charge on any atom is -0.357 e. The zero-order valence-electron chi connectivity index (χ0n) is 15.1. The van der Waals surface area contributed by atoms with E-state index in [4.69, 9.17) is 0 Å². The molecule has 0 aliphatic heterocycles. The Balaban J connectivity index is 0.00000312. The molecule has 0 fully saturated rings. The number of benzene rings is 1. The van der Waals surface area contributed by atoms with Crippen LogP contribution in [0.2, 0.25) is 0 Å². The summed E-state index contributed by atoms with van der Waals surface area (Å²) in [6.07, 6.45) is 0.937. The third-order valence-corrected chi connectivity index (χ3v) is 3.65. The normalized spacial score (nSPS) is 11.1. The molecule has 2 aromatic rings. The van der Waals surface area contributed by atoms with Gasteiger partial charge in [0.05, 0.1) is 12.2 Å². The van der Waals surface area contributed by atoms with Gasteiger partial charge < -0.3 is 10.6 Å². The van der Waals surface area contributed by atoms with Crippen LogP contribution in [0.3, 0.4) is 0 Å². The highest BCUT2D eigenvalue weighted by Crippen LogP contribution is 2.07. The van der Waals surface area contributed by atoms with Crippen LogP contribution < -0.4 is 10.6 Å². The first kappa shape index (κ1) is 21.4. The number of nitrogens with zero attached hydrogens (tertiary/aromatic N) is 3. The fraction of sp³-hybridized carbons (Fsp3) is 0.444. The molecule has 138 valence electrons. The van der Waals surface area contributed by atoms with E-state index in [1.165, 1.54) is 11.8 Å². The second-order valence-corrected chi connectivity index (χ2v) is 5.72. The highest BCUT2D eigenvalue weighted by molar-refractivity contribution is 14.0. The first-order valence-corrected chi connectivity index (χ1v) is 8.36. The molecule has 5 nitrogen and oxygen atoms in total. The maximum Gasteiger partial charge on any atom is 0.191 e. The zero-order valence-corrected chi connectivity index (χ0v) is 17.4. The van der Waals surface area contributed by atoms with Crippen LogP contribution in [-0.4, -0.2) is 28.8 Å². The molecule has 1 aromatic carbocycles. The number of aliphatic imine (C=N–C) groups is 1. The monoisotopic (exact) mass is 459 g/mol. The van der Waals surface area contributed by atoms with E-state index in [1.807, 2.05) is 24.6 Å². The maximum absolute atomic E-state index is 13.6. The predicted molar refractivity (Wildman–Crippen MR) is 111 cm³/mol. The van der Waals surface area contributed by atoms with Crippen molar-refractivity contribution in [2.24, 2.45) is 4.99 Å². The topological polar surface area (TPSA) is 54.2 Å². The molecule has 0 unspecified atom stereocenters. The van der Waals surface area contributed by atoms with Gasteiger partial charge in [0.25, 0.3) is 0 Å². The van der Waals surface area contributed by atoms with Crippen LogP contribution in [0.25, 0.3) is 0 Å². The van der Waals surface area contributed by atoms with Crippen molar-refractivity contribution in [2.45, 2.75) is 40.3 Å². The molecule has 0 saturated heterocycles. The van der Waals surface area contributed by atoms with Gasteiger partial charge in [0.15, 0.2) is 5.96 Å². The molecule has 0 atom stereocenters. The fourth-order valence-corrected chi connectivity index (χ4v) is 2.47. The molecular weight excluding hydrogens is 432 g/mol. The third-order valence-electron chi connectivity index (χ3n) is 3.65.